The zero-order chi connectivity index (χ0) is 65.3. The van der Waals surface area contributed by atoms with Crippen LogP contribution >= 0.6 is 0 Å². The molecule has 0 aliphatic heterocycles. The highest BCUT2D eigenvalue weighted by atomic mass is 15.2. The van der Waals surface area contributed by atoms with Gasteiger partial charge in [0.1, 0.15) is 23.3 Å². The Morgan fingerprint density at radius 2 is 0.434 bits per heavy atom. The van der Waals surface area contributed by atoms with Gasteiger partial charge in [-0.1, -0.05) is 170 Å². The van der Waals surface area contributed by atoms with Crippen LogP contribution in [0.4, 0.5) is 34.1 Å². The number of benzene rings is 14. The Kier molecular flexibility index (Phi) is 13.6. The van der Waals surface area contributed by atoms with Gasteiger partial charge < -0.3 is 14.8 Å². The van der Waals surface area contributed by atoms with E-state index in [1.165, 1.54) is 0 Å². The first kappa shape index (κ1) is 56.9. The maximum Gasteiger partial charge on any atom is 0.145 e. The van der Waals surface area contributed by atoms with Crippen molar-refractivity contribution in [3.63, 3.8) is 0 Å². The second kappa shape index (κ2) is 23.7. The Morgan fingerprint density at radius 3 is 0.687 bits per heavy atom. The van der Waals surface area contributed by atoms with E-state index in [1.807, 2.05) is 24.3 Å². The molecule has 0 spiro atoms. The van der Waals surface area contributed by atoms with Gasteiger partial charge in [0.15, 0.2) is 0 Å². The van der Waals surface area contributed by atoms with Gasteiger partial charge in [-0.25, -0.2) is 19.9 Å². The summed E-state index contributed by atoms with van der Waals surface area (Å²) >= 11 is 0. The maximum absolute atomic E-state index is 5.19. The van der Waals surface area contributed by atoms with E-state index in [0.717, 1.165) is 168 Å². The third-order valence-electron chi connectivity index (χ3n) is 18.9. The van der Waals surface area contributed by atoms with Gasteiger partial charge in [-0.3, -0.25) is 18.3 Å². The first-order valence-electron chi connectivity index (χ1n) is 33.3. The standard InChI is InChI=1S/C88H59N11/c1-5-21-59(22-6-1)85-90-77-29-13-17-33-81(77)96(85)67-45-37-63(38-46-67)94(64-39-47-68(48-40-64)97-82-34-18-14-30-78(82)91-86(97)60-23-7-2-8-24-60)71-53-55-75-73(57-71)74-58-72(54-56-76(74)89-75)95(65-41-49-69(50-42-65)98-83-35-19-15-31-79(83)92-87(98)61-25-9-3-10-26-61)66-43-51-70(52-44-66)99-84-36-20-16-32-80(84)93-88(99)62-27-11-4-12-28-62/h1-58,89H. The van der Waals surface area contributed by atoms with Gasteiger partial charge in [-0.05, 0) is 182 Å². The van der Waals surface area contributed by atoms with Crippen molar-refractivity contribution in [2.45, 2.75) is 0 Å². The van der Waals surface area contributed by atoms with Crippen LogP contribution in [-0.2, 0) is 0 Å². The Hall–Kier alpha value is -13.6. The number of fused-ring (bicyclic) bond motifs is 7. The molecule has 0 fully saturated rings. The summed E-state index contributed by atoms with van der Waals surface area (Å²) < 4.78 is 9.06. The molecule has 11 nitrogen and oxygen atoms in total. The first-order chi connectivity index (χ1) is 49.1. The molecular weight excluding hydrogens is 1210 g/mol. The number of para-hydroxylation sites is 8. The van der Waals surface area contributed by atoms with Gasteiger partial charge in [0.05, 0.1) is 44.1 Å². The molecule has 0 amide bonds. The van der Waals surface area contributed by atoms with Crippen molar-refractivity contribution in [3.8, 4) is 68.3 Å². The van der Waals surface area contributed by atoms with Crippen molar-refractivity contribution >= 4 is 100 Å². The van der Waals surface area contributed by atoms with Crippen LogP contribution in [0.1, 0.15) is 0 Å². The largest absolute Gasteiger partial charge is 0.355 e. The summed E-state index contributed by atoms with van der Waals surface area (Å²) in [5.41, 5.74) is 24.1. The molecule has 19 aromatic rings. The highest BCUT2D eigenvalue weighted by Gasteiger charge is 2.24. The van der Waals surface area contributed by atoms with Crippen molar-refractivity contribution < 1.29 is 0 Å². The molecule has 0 aliphatic rings. The van der Waals surface area contributed by atoms with E-state index in [-0.39, 0.29) is 0 Å². The normalized spacial score (nSPS) is 11.6. The molecular formula is C88H59N11. The van der Waals surface area contributed by atoms with Gasteiger partial charge in [0, 0.05) is 101 Å². The summed E-state index contributed by atoms with van der Waals surface area (Å²) in [5, 5.41) is 2.17. The average Bonchev–Trinajstić information content (AvgIpc) is 1.41. The van der Waals surface area contributed by atoms with Crippen LogP contribution in [0.25, 0.3) is 134 Å². The number of anilines is 6. The molecule has 5 heterocycles. The summed E-state index contributed by atoms with van der Waals surface area (Å²) in [7, 11) is 0. The number of nitrogens with one attached hydrogen (secondary N) is 1. The van der Waals surface area contributed by atoms with Crippen molar-refractivity contribution in [2.24, 2.45) is 0 Å². The monoisotopic (exact) mass is 1270 g/mol. The minimum Gasteiger partial charge on any atom is -0.355 e. The number of hydrogen-bond acceptors (Lipinski definition) is 6. The molecule has 466 valence electrons. The summed E-state index contributed by atoms with van der Waals surface area (Å²) in [5.74, 6) is 3.54. The fourth-order valence-electron chi connectivity index (χ4n) is 14.3. The van der Waals surface area contributed by atoms with Crippen LogP contribution in [0.3, 0.4) is 0 Å². The van der Waals surface area contributed by atoms with Crippen molar-refractivity contribution in [1.82, 2.24) is 43.2 Å². The number of hydrogen-bond donors (Lipinski definition) is 1. The van der Waals surface area contributed by atoms with E-state index in [4.69, 9.17) is 19.9 Å². The fraction of sp³-hybridized carbons (Fsp3) is 0. The zero-order valence-corrected chi connectivity index (χ0v) is 53.5. The molecule has 0 unspecified atom stereocenters. The highest BCUT2D eigenvalue weighted by Crippen LogP contribution is 2.44. The second-order valence-corrected chi connectivity index (χ2v) is 24.8. The van der Waals surface area contributed by atoms with E-state index >= 15 is 0 Å². The van der Waals surface area contributed by atoms with E-state index in [2.05, 4.69) is 361 Å². The molecule has 0 bridgehead atoms. The van der Waals surface area contributed by atoms with Crippen LogP contribution in [0.2, 0.25) is 0 Å². The first-order valence-corrected chi connectivity index (χ1v) is 33.3. The van der Waals surface area contributed by atoms with Gasteiger partial charge >= 0.3 is 0 Å². The molecule has 5 aromatic heterocycles. The molecule has 19 rings (SSSR count). The number of aromatic nitrogens is 9. The molecule has 0 aliphatic carbocycles. The Balaban J connectivity index is 0.757. The Bertz CT molecular complexity index is 5490. The average molecular weight is 1270 g/mol. The van der Waals surface area contributed by atoms with Crippen molar-refractivity contribution in [2.75, 3.05) is 9.80 Å². The topological polar surface area (TPSA) is 93.5 Å². The van der Waals surface area contributed by atoms with Crippen molar-refractivity contribution in [1.29, 1.82) is 0 Å². The number of aromatic amines is 1. The highest BCUT2D eigenvalue weighted by molar-refractivity contribution is 6.10. The number of H-pyrrole nitrogens is 1. The second-order valence-electron chi connectivity index (χ2n) is 24.8. The number of nitrogens with zero attached hydrogens (tertiary/aromatic N) is 10. The Morgan fingerprint density at radius 1 is 0.212 bits per heavy atom. The molecule has 0 radical (unpaired) electrons. The quantitative estimate of drug-likeness (QED) is 0.117. The van der Waals surface area contributed by atoms with E-state index < -0.39 is 0 Å². The van der Waals surface area contributed by atoms with E-state index in [0.29, 0.717) is 0 Å². The zero-order valence-electron chi connectivity index (χ0n) is 53.5. The summed E-state index contributed by atoms with van der Waals surface area (Å²) in [6.07, 6.45) is 0. The van der Waals surface area contributed by atoms with Crippen LogP contribution in [0.5, 0.6) is 0 Å². The predicted molar refractivity (Wildman–Crippen MR) is 405 cm³/mol. The summed E-state index contributed by atoms with van der Waals surface area (Å²) in [6.45, 7) is 0. The summed E-state index contributed by atoms with van der Waals surface area (Å²) in [6, 6.07) is 124. The third kappa shape index (κ3) is 9.90. The van der Waals surface area contributed by atoms with Crippen LogP contribution in [-0.4, -0.2) is 43.2 Å². The third-order valence-corrected chi connectivity index (χ3v) is 18.9. The van der Waals surface area contributed by atoms with E-state index in [1.54, 1.807) is 0 Å². The minimum atomic E-state index is 0.886. The molecule has 0 saturated heterocycles. The predicted octanol–water partition coefficient (Wildman–Crippen LogP) is 22.3. The lowest BCUT2D eigenvalue weighted by atomic mass is 10.1. The Labute approximate surface area is 569 Å². The number of imidazole rings is 4. The minimum absolute atomic E-state index is 0.886. The maximum atomic E-state index is 5.19. The number of rotatable bonds is 14. The SMILES string of the molecule is c1ccc(-c2nc3ccccc3n2-c2ccc(N(c3ccc(-n4c(-c5ccccc5)nc5ccccc54)cc3)c3ccc4[nH]c5ccc(N(c6ccc(-n7c(-c8ccccc8)nc8ccccc87)cc6)c6ccc(-n7c(-c8ccccc8)nc8ccccc87)cc6)cc5c4c3)cc2)cc1. The molecule has 1 N–H and O–H groups in total. The van der Waals surface area contributed by atoms with E-state index in [9.17, 15) is 0 Å². The van der Waals surface area contributed by atoms with Crippen LogP contribution < -0.4 is 9.80 Å². The van der Waals surface area contributed by atoms with Gasteiger partial charge in [-0.2, -0.15) is 0 Å². The van der Waals surface area contributed by atoms with Gasteiger partial charge in [0.25, 0.3) is 0 Å². The fourth-order valence-corrected chi connectivity index (χ4v) is 14.3. The van der Waals surface area contributed by atoms with Crippen molar-refractivity contribution in [3.05, 3.63) is 352 Å². The molecule has 99 heavy (non-hydrogen) atoms. The molecule has 0 atom stereocenters. The lowest BCUT2D eigenvalue weighted by Gasteiger charge is -2.27. The lowest BCUT2D eigenvalue weighted by Crippen LogP contribution is -2.11. The van der Waals surface area contributed by atoms with Crippen LogP contribution in [0, 0.1) is 0 Å². The van der Waals surface area contributed by atoms with Crippen LogP contribution in [0.15, 0.2) is 352 Å². The van der Waals surface area contributed by atoms with Gasteiger partial charge in [0.2, 0.25) is 0 Å². The smallest absolute Gasteiger partial charge is 0.145 e. The molecule has 0 saturated carbocycles. The molecule has 11 heteroatoms. The molecule has 14 aromatic carbocycles. The lowest BCUT2D eigenvalue weighted by molar-refractivity contribution is 1.10. The van der Waals surface area contributed by atoms with Gasteiger partial charge in [-0.15, -0.1) is 0 Å². The summed E-state index contributed by atoms with van der Waals surface area (Å²) in [4.78, 5) is 29.3.